The second kappa shape index (κ2) is 6.81. The fourth-order valence-electron chi connectivity index (χ4n) is 2.98. The van der Waals surface area contributed by atoms with Crippen LogP contribution in [-0.2, 0) is 16.4 Å². The quantitative estimate of drug-likeness (QED) is 0.529. The Kier molecular flexibility index (Phi) is 4.96. The van der Waals surface area contributed by atoms with Crippen molar-refractivity contribution in [1.82, 2.24) is 0 Å². The molecule has 1 unspecified atom stereocenters. The van der Waals surface area contributed by atoms with Crippen LogP contribution in [-0.4, -0.2) is 19.4 Å². The Labute approximate surface area is 151 Å². The van der Waals surface area contributed by atoms with Crippen molar-refractivity contribution in [1.29, 1.82) is 0 Å². The van der Waals surface area contributed by atoms with Gasteiger partial charge in [-0.1, -0.05) is 58.5 Å². The maximum atomic E-state index is 13.1. The number of sulfonamides is 1. The molecule has 1 aliphatic rings. The molecule has 23 heavy (non-hydrogen) atoms. The Morgan fingerprint density at radius 1 is 1.13 bits per heavy atom. The van der Waals surface area contributed by atoms with Gasteiger partial charge in [-0.05, 0) is 49.4 Å². The van der Waals surface area contributed by atoms with Crippen LogP contribution < -0.4 is 4.31 Å². The van der Waals surface area contributed by atoms with Crippen molar-refractivity contribution in [2.75, 3.05) is 15.3 Å². The average Bonchev–Trinajstić information content (AvgIpc) is 2.74. The maximum absolute atomic E-state index is 13.1. The van der Waals surface area contributed by atoms with Crippen LogP contribution in [0.15, 0.2) is 53.4 Å². The molecule has 2 aromatic rings. The highest BCUT2D eigenvalue weighted by atomic mass is 127. The van der Waals surface area contributed by atoms with E-state index in [4.69, 9.17) is 0 Å². The van der Waals surface area contributed by atoms with Crippen molar-refractivity contribution >= 4 is 38.3 Å². The van der Waals surface area contributed by atoms with Gasteiger partial charge in [0, 0.05) is 11.0 Å². The van der Waals surface area contributed by atoms with E-state index in [-0.39, 0.29) is 0 Å². The average molecular weight is 441 g/mol. The van der Waals surface area contributed by atoms with Crippen molar-refractivity contribution in [3.63, 3.8) is 0 Å². The number of para-hydroxylation sites is 1. The summed E-state index contributed by atoms with van der Waals surface area (Å²) in [6, 6.07) is 15.0. The number of halogens is 1. The predicted octanol–water partition coefficient (Wildman–Crippen LogP) is 4.19. The molecule has 0 saturated heterocycles. The largest absolute Gasteiger partial charge is 0.266 e. The van der Waals surface area contributed by atoms with Crippen molar-refractivity contribution in [2.24, 2.45) is 5.92 Å². The summed E-state index contributed by atoms with van der Waals surface area (Å²) in [5.74, 6) is 0.523. The number of hydrogen-bond donors (Lipinski definition) is 0. The third kappa shape index (κ3) is 3.40. The number of anilines is 1. The molecule has 1 atom stereocenters. The number of rotatable bonds is 3. The number of hydrogen-bond acceptors (Lipinski definition) is 2. The Morgan fingerprint density at radius 3 is 2.52 bits per heavy atom. The Bertz CT molecular complexity index is 787. The number of aryl methyl sites for hydroxylation is 1. The van der Waals surface area contributed by atoms with E-state index in [1.165, 1.54) is 0 Å². The maximum Gasteiger partial charge on any atom is 0.264 e. The van der Waals surface area contributed by atoms with Crippen LogP contribution in [0.4, 0.5) is 5.69 Å². The van der Waals surface area contributed by atoms with Crippen molar-refractivity contribution in [2.45, 2.75) is 24.7 Å². The topological polar surface area (TPSA) is 37.4 Å². The number of benzene rings is 2. The normalized spacial score (nSPS) is 18.3. The lowest BCUT2D eigenvalue weighted by atomic mass is 9.99. The van der Waals surface area contributed by atoms with Gasteiger partial charge in [-0.25, -0.2) is 8.42 Å². The number of alkyl halides is 1. The summed E-state index contributed by atoms with van der Waals surface area (Å²) >= 11 is 2.40. The minimum atomic E-state index is -3.52. The van der Waals surface area contributed by atoms with Crippen LogP contribution in [0.5, 0.6) is 0 Å². The van der Waals surface area contributed by atoms with Gasteiger partial charge in [0.1, 0.15) is 0 Å². The van der Waals surface area contributed by atoms with Gasteiger partial charge in [-0.2, -0.15) is 0 Å². The zero-order valence-corrected chi connectivity index (χ0v) is 16.0. The van der Waals surface area contributed by atoms with Gasteiger partial charge in [0.15, 0.2) is 0 Å². The highest BCUT2D eigenvalue weighted by molar-refractivity contribution is 14.1. The summed E-state index contributed by atoms with van der Waals surface area (Å²) in [7, 11) is -3.52. The molecule has 1 heterocycles. The zero-order chi connectivity index (χ0) is 16.4. The SMILES string of the molecule is Cc1ccc(S(=O)(=O)N2CCC(CI)Cc3ccccc32)cc1. The third-order valence-electron chi connectivity index (χ3n) is 4.34. The van der Waals surface area contributed by atoms with Gasteiger partial charge >= 0.3 is 0 Å². The fourth-order valence-corrected chi connectivity index (χ4v) is 5.25. The molecule has 3 rings (SSSR count). The van der Waals surface area contributed by atoms with Gasteiger partial charge in [-0.3, -0.25) is 4.31 Å². The van der Waals surface area contributed by atoms with Gasteiger partial charge < -0.3 is 0 Å². The summed E-state index contributed by atoms with van der Waals surface area (Å²) < 4.78 is 28.9. The van der Waals surface area contributed by atoms with Crippen LogP contribution in [0.2, 0.25) is 0 Å². The highest BCUT2D eigenvalue weighted by Crippen LogP contribution is 2.33. The first-order valence-corrected chi connectivity index (χ1v) is 10.7. The highest BCUT2D eigenvalue weighted by Gasteiger charge is 2.30. The fraction of sp³-hybridized carbons (Fsp3) is 0.333. The second-order valence-corrected chi connectivity index (χ2v) is 8.78. The summed E-state index contributed by atoms with van der Waals surface area (Å²) in [4.78, 5) is 0.367. The minimum absolute atomic E-state index is 0.367. The van der Waals surface area contributed by atoms with Crippen LogP contribution in [0, 0.1) is 12.8 Å². The molecule has 5 heteroatoms. The number of nitrogens with zero attached hydrogens (tertiary/aromatic N) is 1. The van der Waals surface area contributed by atoms with Gasteiger partial charge in [0.05, 0.1) is 10.6 Å². The molecule has 0 radical (unpaired) electrons. The van der Waals surface area contributed by atoms with E-state index in [1.54, 1.807) is 16.4 Å². The van der Waals surface area contributed by atoms with Crippen molar-refractivity contribution < 1.29 is 8.42 Å². The Hall–Kier alpha value is -1.08. The minimum Gasteiger partial charge on any atom is -0.266 e. The Balaban J connectivity index is 2.06. The van der Waals surface area contributed by atoms with E-state index in [2.05, 4.69) is 28.7 Å². The molecule has 0 aliphatic carbocycles. The van der Waals surface area contributed by atoms with Crippen LogP contribution in [0.25, 0.3) is 0 Å². The van der Waals surface area contributed by atoms with E-state index in [0.29, 0.717) is 17.4 Å². The summed E-state index contributed by atoms with van der Waals surface area (Å²) in [5.41, 5.74) is 3.02. The first-order chi connectivity index (χ1) is 11.0. The first kappa shape index (κ1) is 16.8. The molecule has 1 aliphatic heterocycles. The molecule has 0 saturated carbocycles. The lowest BCUT2D eigenvalue weighted by molar-refractivity contribution is 0.558. The summed E-state index contributed by atoms with van der Waals surface area (Å²) in [5, 5.41) is 0. The molecular weight excluding hydrogens is 421 g/mol. The molecule has 2 aromatic carbocycles. The van der Waals surface area contributed by atoms with Crippen LogP contribution >= 0.6 is 22.6 Å². The molecule has 0 spiro atoms. The lowest BCUT2D eigenvalue weighted by Gasteiger charge is -2.24. The molecule has 3 nitrogen and oxygen atoms in total. The van der Waals surface area contributed by atoms with Crippen LogP contribution in [0.3, 0.4) is 0 Å². The van der Waals surface area contributed by atoms with Gasteiger partial charge in [-0.15, -0.1) is 0 Å². The molecular formula is C18H20INO2S. The van der Waals surface area contributed by atoms with E-state index in [1.807, 2.05) is 37.3 Å². The van der Waals surface area contributed by atoms with E-state index in [0.717, 1.165) is 34.1 Å². The molecule has 0 bridgehead atoms. The van der Waals surface area contributed by atoms with Crippen molar-refractivity contribution in [3.05, 3.63) is 59.7 Å². The van der Waals surface area contributed by atoms with Crippen LogP contribution in [0.1, 0.15) is 17.5 Å². The van der Waals surface area contributed by atoms with E-state index >= 15 is 0 Å². The molecule has 122 valence electrons. The van der Waals surface area contributed by atoms with E-state index < -0.39 is 10.0 Å². The lowest BCUT2D eigenvalue weighted by Crippen LogP contribution is -2.32. The molecule has 0 fully saturated rings. The smallest absolute Gasteiger partial charge is 0.264 e. The van der Waals surface area contributed by atoms with Gasteiger partial charge in [0.2, 0.25) is 0 Å². The third-order valence-corrected chi connectivity index (χ3v) is 7.41. The number of fused-ring (bicyclic) bond motifs is 1. The first-order valence-electron chi connectivity index (χ1n) is 7.75. The van der Waals surface area contributed by atoms with Gasteiger partial charge in [0.25, 0.3) is 10.0 Å². The molecule has 0 amide bonds. The standard InChI is InChI=1S/C18H20INO2S/c1-14-6-8-17(9-7-14)23(21,22)20-11-10-15(13-19)12-16-4-2-3-5-18(16)20/h2-9,15H,10-13H2,1H3. The summed E-state index contributed by atoms with van der Waals surface area (Å²) in [6.07, 6.45) is 1.84. The summed E-state index contributed by atoms with van der Waals surface area (Å²) in [6.45, 7) is 2.50. The molecule has 0 N–H and O–H groups in total. The molecule has 0 aromatic heterocycles. The van der Waals surface area contributed by atoms with E-state index in [9.17, 15) is 8.42 Å². The zero-order valence-electron chi connectivity index (χ0n) is 13.1. The second-order valence-electron chi connectivity index (χ2n) is 6.03. The monoisotopic (exact) mass is 441 g/mol. The predicted molar refractivity (Wildman–Crippen MR) is 103 cm³/mol. The van der Waals surface area contributed by atoms with Crippen molar-refractivity contribution in [3.8, 4) is 0 Å². The Morgan fingerprint density at radius 2 is 1.83 bits per heavy atom.